The molecule has 0 N–H and O–H groups in total. The number of amides is 1. The summed E-state index contributed by atoms with van der Waals surface area (Å²) in [6.45, 7) is 4.11. The van der Waals surface area contributed by atoms with E-state index in [1.165, 1.54) is 12.8 Å². The van der Waals surface area contributed by atoms with Crippen LogP contribution in [0.3, 0.4) is 0 Å². The summed E-state index contributed by atoms with van der Waals surface area (Å²) in [6, 6.07) is 0.463. The van der Waals surface area contributed by atoms with Crippen LogP contribution in [0.15, 0.2) is 0 Å². The molecule has 15 heavy (non-hydrogen) atoms. The van der Waals surface area contributed by atoms with E-state index in [0.29, 0.717) is 11.9 Å². The van der Waals surface area contributed by atoms with Crippen molar-refractivity contribution < 1.29 is 4.79 Å². The number of carbonyl (C=O) groups is 1. The largest absolute Gasteiger partial charge is 0.338 e. The number of likely N-dealkylation sites (N-methyl/N-ethyl adjacent to an activating group) is 1. The molecule has 0 unspecified atom stereocenters. The van der Waals surface area contributed by atoms with Crippen LogP contribution in [-0.2, 0) is 4.79 Å². The van der Waals surface area contributed by atoms with Gasteiger partial charge in [0.25, 0.3) is 0 Å². The lowest BCUT2D eigenvalue weighted by Gasteiger charge is -2.29. The Balaban J connectivity index is 1.98. The highest BCUT2D eigenvalue weighted by molar-refractivity contribution is 5.85. The second-order valence-corrected chi connectivity index (χ2v) is 5.62. The van der Waals surface area contributed by atoms with E-state index in [1.54, 1.807) is 0 Å². The zero-order valence-electron chi connectivity index (χ0n) is 10.1. The van der Waals surface area contributed by atoms with E-state index in [4.69, 9.17) is 0 Å². The molecule has 0 radical (unpaired) electrons. The van der Waals surface area contributed by atoms with Crippen molar-refractivity contribution in [2.75, 3.05) is 27.2 Å². The van der Waals surface area contributed by atoms with Crippen molar-refractivity contribution in [1.29, 1.82) is 0 Å². The molecule has 0 aromatic heterocycles. The normalized spacial score (nSPS) is 28.5. The molecule has 1 amide bonds. The van der Waals surface area contributed by atoms with Gasteiger partial charge in [-0.15, -0.1) is 0 Å². The van der Waals surface area contributed by atoms with E-state index in [0.717, 1.165) is 25.9 Å². The van der Waals surface area contributed by atoms with Gasteiger partial charge in [-0.1, -0.05) is 6.92 Å². The van der Waals surface area contributed by atoms with E-state index in [-0.39, 0.29) is 5.41 Å². The van der Waals surface area contributed by atoms with Crippen molar-refractivity contribution in [3.63, 3.8) is 0 Å². The van der Waals surface area contributed by atoms with E-state index in [1.807, 2.05) is 0 Å². The maximum Gasteiger partial charge on any atom is 0.228 e. The lowest BCUT2D eigenvalue weighted by atomic mass is 10.1. The first-order chi connectivity index (χ1) is 7.03. The average molecular weight is 210 g/mol. The van der Waals surface area contributed by atoms with Crippen molar-refractivity contribution in [2.45, 2.75) is 38.6 Å². The summed E-state index contributed by atoms with van der Waals surface area (Å²) in [5.41, 5.74) is 0.00883. The molecule has 1 aliphatic carbocycles. The minimum atomic E-state index is 0.00883. The molecule has 0 bridgehead atoms. The van der Waals surface area contributed by atoms with Crippen LogP contribution in [0.25, 0.3) is 0 Å². The summed E-state index contributed by atoms with van der Waals surface area (Å²) < 4.78 is 0. The molecule has 0 spiro atoms. The van der Waals surface area contributed by atoms with Gasteiger partial charge in [-0.2, -0.15) is 0 Å². The molecule has 1 heterocycles. The van der Waals surface area contributed by atoms with Gasteiger partial charge >= 0.3 is 0 Å². The van der Waals surface area contributed by atoms with Crippen LogP contribution < -0.4 is 0 Å². The molecule has 0 aromatic rings. The molecule has 2 rings (SSSR count). The van der Waals surface area contributed by atoms with E-state index in [9.17, 15) is 4.79 Å². The third kappa shape index (κ3) is 2.17. The summed E-state index contributed by atoms with van der Waals surface area (Å²) in [7, 11) is 4.17. The molecule has 3 heteroatoms. The molecule has 3 nitrogen and oxygen atoms in total. The first-order valence-electron chi connectivity index (χ1n) is 5.99. The van der Waals surface area contributed by atoms with Gasteiger partial charge in [0, 0.05) is 24.5 Å². The highest BCUT2D eigenvalue weighted by atomic mass is 16.2. The second-order valence-electron chi connectivity index (χ2n) is 5.62. The number of likely N-dealkylation sites (tertiary alicyclic amines) is 1. The van der Waals surface area contributed by atoms with Gasteiger partial charge in [-0.05, 0) is 39.8 Å². The zero-order valence-corrected chi connectivity index (χ0v) is 10.1. The average Bonchev–Trinajstić information content (AvgIpc) is 2.75. The molecule has 1 saturated carbocycles. The first kappa shape index (κ1) is 10.9. The van der Waals surface area contributed by atoms with Crippen LogP contribution in [0.4, 0.5) is 0 Å². The molecule has 1 atom stereocenters. The molecular formula is C12H22N2O. The molecule has 0 aromatic carbocycles. The van der Waals surface area contributed by atoms with Crippen LogP contribution in [0.2, 0.25) is 0 Å². The summed E-state index contributed by atoms with van der Waals surface area (Å²) in [5, 5.41) is 0. The van der Waals surface area contributed by atoms with E-state index in [2.05, 4.69) is 30.8 Å². The highest BCUT2D eigenvalue weighted by Gasteiger charge is 2.49. The highest BCUT2D eigenvalue weighted by Crippen LogP contribution is 2.47. The Morgan fingerprint density at radius 2 is 2.13 bits per heavy atom. The number of nitrogens with zero attached hydrogens (tertiary/aromatic N) is 2. The summed E-state index contributed by atoms with van der Waals surface area (Å²) >= 11 is 0. The Morgan fingerprint density at radius 1 is 1.47 bits per heavy atom. The molecule has 1 aliphatic heterocycles. The second kappa shape index (κ2) is 3.78. The van der Waals surface area contributed by atoms with Gasteiger partial charge in [0.2, 0.25) is 5.91 Å². The van der Waals surface area contributed by atoms with Gasteiger partial charge < -0.3 is 9.80 Å². The van der Waals surface area contributed by atoms with Gasteiger partial charge in [-0.3, -0.25) is 4.79 Å². The van der Waals surface area contributed by atoms with Gasteiger partial charge in [0.1, 0.15) is 0 Å². The fourth-order valence-corrected chi connectivity index (χ4v) is 2.46. The minimum absolute atomic E-state index is 0.00883. The van der Waals surface area contributed by atoms with Crippen LogP contribution in [0, 0.1) is 5.41 Å². The quantitative estimate of drug-likeness (QED) is 0.702. The van der Waals surface area contributed by atoms with Crippen LogP contribution in [-0.4, -0.2) is 48.9 Å². The van der Waals surface area contributed by atoms with Crippen molar-refractivity contribution in [2.24, 2.45) is 5.41 Å². The smallest absolute Gasteiger partial charge is 0.228 e. The zero-order chi connectivity index (χ0) is 11.1. The Hall–Kier alpha value is -0.570. The molecule has 86 valence electrons. The topological polar surface area (TPSA) is 23.6 Å². The van der Waals surface area contributed by atoms with Crippen molar-refractivity contribution in [3.05, 3.63) is 0 Å². The van der Waals surface area contributed by atoms with Crippen LogP contribution in [0.1, 0.15) is 32.6 Å². The predicted octanol–water partition coefficient (Wildman–Crippen LogP) is 1.34. The van der Waals surface area contributed by atoms with E-state index >= 15 is 0 Å². The van der Waals surface area contributed by atoms with Crippen molar-refractivity contribution >= 4 is 5.91 Å². The monoisotopic (exact) mass is 210 g/mol. The SMILES string of the molecule is CN(C)C[C@@H]1CCCN1C(=O)C1(C)CC1. The number of hydrogen-bond acceptors (Lipinski definition) is 2. The van der Waals surface area contributed by atoms with Crippen molar-refractivity contribution in [1.82, 2.24) is 9.80 Å². The Morgan fingerprint density at radius 3 is 2.67 bits per heavy atom. The van der Waals surface area contributed by atoms with Gasteiger partial charge in [0.05, 0.1) is 0 Å². The Labute approximate surface area is 92.4 Å². The van der Waals surface area contributed by atoms with Gasteiger partial charge in [0.15, 0.2) is 0 Å². The third-order valence-electron chi connectivity index (χ3n) is 3.73. The first-order valence-corrected chi connectivity index (χ1v) is 5.99. The Bertz CT molecular complexity index is 258. The maximum atomic E-state index is 12.2. The molecule has 2 aliphatic rings. The molecule has 1 saturated heterocycles. The Kier molecular flexibility index (Phi) is 2.75. The predicted molar refractivity (Wildman–Crippen MR) is 60.6 cm³/mol. The van der Waals surface area contributed by atoms with Gasteiger partial charge in [-0.25, -0.2) is 0 Å². The molecular weight excluding hydrogens is 188 g/mol. The minimum Gasteiger partial charge on any atom is -0.338 e. The van der Waals surface area contributed by atoms with E-state index < -0.39 is 0 Å². The summed E-state index contributed by atoms with van der Waals surface area (Å²) in [6.07, 6.45) is 4.55. The standard InChI is InChI=1S/C12H22N2O/c1-12(6-7-12)11(15)14-8-4-5-10(14)9-13(2)3/h10H,4-9H2,1-3H3/t10-/m0/s1. The lowest BCUT2D eigenvalue weighted by molar-refractivity contribution is -0.137. The summed E-state index contributed by atoms with van der Waals surface area (Å²) in [5.74, 6) is 0.409. The number of hydrogen-bond donors (Lipinski definition) is 0. The number of rotatable bonds is 3. The summed E-state index contributed by atoms with van der Waals surface area (Å²) in [4.78, 5) is 16.5. The third-order valence-corrected chi connectivity index (χ3v) is 3.73. The fraction of sp³-hybridized carbons (Fsp3) is 0.917. The molecule has 2 fully saturated rings. The van der Waals surface area contributed by atoms with Crippen LogP contribution in [0.5, 0.6) is 0 Å². The van der Waals surface area contributed by atoms with Crippen LogP contribution >= 0.6 is 0 Å². The lowest BCUT2D eigenvalue weighted by Crippen LogP contribution is -2.44. The maximum absolute atomic E-state index is 12.2. The number of carbonyl (C=O) groups excluding carboxylic acids is 1. The van der Waals surface area contributed by atoms with Crippen molar-refractivity contribution in [3.8, 4) is 0 Å². The fourth-order valence-electron chi connectivity index (χ4n) is 2.46.